The van der Waals surface area contributed by atoms with E-state index < -0.39 is 6.04 Å². The van der Waals surface area contributed by atoms with E-state index in [0.717, 1.165) is 23.2 Å². The van der Waals surface area contributed by atoms with Gasteiger partial charge in [0.2, 0.25) is 0 Å². The van der Waals surface area contributed by atoms with E-state index in [1.165, 1.54) is 0 Å². The van der Waals surface area contributed by atoms with E-state index >= 15 is 0 Å². The Kier molecular flexibility index (Phi) is 7.60. The maximum atomic E-state index is 13.9. The number of hydrogen-bond donors (Lipinski definition) is 0. The Balaban J connectivity index is 1.93. The van der Waals surface area contributed by atoms with Crippen molar-refractivity contribution in [3.8, 4) is 5.69 Å². The third-order valence-electron chi connectivity index (χ3n) is 6.55. The molecule has 0 saturated carbocycles. The highest BCUT2D eigenvalue weighted by Gasteiger charge is 2.28. The van der Waals surface area contributed by atoms with Crippen LogP contribution in [0.1, 0.15) is 60.5 Å². The second-order valence-electron chi connectivity index (χ2n) is 9.78. The van der Waals surface area contributed by atoms with Gasteiger partial charge in [0.15, 0.2) is 0 Å². The summed E-state index contributed by atoms with van der Waals surface area (Å²) in [7, 11) is 0. The highest BCUT2D eigenvalue weighted by molar-refractivity contribution is 6.30. The van der Waals surface area contributed by atoms with Gasteiger partial charge < -0.3 is 4.90 Å². The molecule has 4 aromatic rings. The molecule has 1 aromatic heterocycles. The van der Waals surface area contributed by atoms with Crippen LogP contribution in [-0.2, 0) is 0 Å². The summed E-state index contributed by atoms with van der Waals surface area (Å²) in [4.78, 5) is 34.4. The van der Waals surface area contributed by atoms with Gasteiger partial charge in [-0.3, -0.25) is 14.2 Å². The van der Waals surface area contributed by atoms with Crippen LogP contribution in [0.4, 0.5) is 0 Å². The first-order chi connectivity index (χ1) is 17.2. The Morgan fingerprint density at radius 1 is 1.00 bits per heavy atom. The summed E-state index contributed by atoms with van der Waals surface area (Å²) in [5.41, 5.74) is 3.82. The van der Waals surface area contributed by atoms with Crippen molar-refractivity contribution in [2.24, 2.45) is 5.92 Å². The van der Waals surface area contributed by atoms with E-state index in [9.17, 15) is 9.59 Å². The summed E-state index contributed by atoms with van der Waals surface area (Å²) in [5.74, 6) is 0.830. The molecule has 0 bridgehead atoms. The third-order valence-corrected chi connectivity index (χ3v) is 6.80. The summed E-state index contributed by atoms with van der Waals surface area (Å²) in [6, 6.07) is 19.9. The number of nitrogens with zero attached hydrogens (tertiary/aromatic N) is 3. The Labute approximate surface area is 217 Å². The smallest absolute Gasteiger partial charge is 0.266 e. The van der Waals surface area contributed by atoms with E-state index in [1.54, 1.807) is 34.9 Å². The quantitative estimate of drug-likeness (QED) is 0.276. The van der Waals surface area contributed by atoms with Crippen LogP contribution in [0.15, 0.2) is 71.5 Å². The second kappa shape index (κ2) is 10.7. The molecule has 6 heteroatoms. The average molecular weight is 502 g/mol. The third kappa shape index (κ3) is 5.21. The number of halogens is 1. The summed E-state index contributed by atoms with van der Waals surface area (Å²) < 4.78 is 1.69. The minimum Gasteiger partial charge on any atom is -0.329 e. The van der Waals surface area contributed by atoms with Gasteiger partial charge >= 0.3 is 0 Å². The van der Waals surface area contributed by atoms with Crippen LogP contribution in [0.5, 0.6) is 0 Å². The van der Waals surface area contributed by atoms with Crippen molar-refractivity contribution in [2.75, 3.05) is 6.54 Å². The number of carbonyl (C=O) groups is 1. The molecule has 0 fully saturated rings. The van der Waals surface area contributed by atoms with Gasteiger partial charge in [0.25, 0.3) is 11.5 Å². The normalized spacial score (nSPS) is 12.2. The number of amides is 1. The van der Waals surface area contributed by atoms with E-state index in [-0.39, 0.29) is 11.5 Å². The summed E-state index contributed by atoms with van der Waals surface area (Å²) in [6.45, 7) is 10.7. The standard InChI is InChI=1S/C30H32ClN3O2/c1-19(2)16-17-33(29(35)23-12-14-24(31)15-13-23)22(5)28-32-26-9-7-6-8-25(26)30(36)34(28)27-18-20(3)10-11-21(27)4/h6-15,18-19,22H,16-17H2,1-5H3. The number of fused-ring (bicyclic) bond motifs is 1. The number of benzene rings is 3. The first-order valence-corrected chi connectivity index (χ1v) is 12.7. The van der Waals surface area contributed by atoms with Gasteiger partial charge in [-0.2, -0.15) is 0 Å². The SMILES string of the molecule is Cc1ccc(C)c(-n2c(C(C)N(CCC(C)C)C(=O)c3ccc(Cl)cc3)nc3ccccc3c2=O)c1. The summed E-state index contributed by atoms with van der Waals surface area (Å²) in [5, 5.41) is 1.13. The van der Waals surface area contributed by atoms with Crippen LogP contribution < -0.4 is 5.56 Å². The Hall–Kier alpha value is -3.44. The van der Waals surface area contributed by atoms with Gasteiger partial charge in [-0.1, -0.05) is 49.7 Å². The van der Waals surface area contributed by atoms with E-state index in [2.05, 4.69) is 13.8 Å². The molecule has 0 N–H and O–H groups in total. The first-order valence-electron chi connectivity index (χ1n) is 12.3. The highest BCUT2D eigenvalue weighted by Crippen LogP contribution is 2.27. The molecule has 1 atom stereocenters. The van der Waals surface area contributed by atoms with Gasteiger partial charge in [0.05, 0.1) is 22.6 Å². The molecule has 36 heavy (non-hydrogen) atoms. The molecular formula is C30H32ClN3O2. The van der Waals surface area contributed by atoms with Crippen molar-refractivity contribution >= 4 is 28.4 Å². The molecule has 0 aliphatic heterocycles. The lowest BCUT2D eigenvalue weighted by Gasteiger charge is -2.31. The van der Waals surface area contributed by atoms with Crippen molar-refractivity contribution in [1.29, 1.82) is 0 Å². The monoisotopic (exact) mass is 501 g/mol. The van der Waals surface area contributed by atoms with Crippen LogP contribution in [0.3, 0.4) is 0 Å². The molecule has 3 aromatic carbocycles. The largest absolute Gasteiger partial charge is 0.329 e. The molecule has 1 amide bonds. The predicted molar refractivity (Wildman–Crippen MR) is 147 cm³/mol. The zero-order chi connectivity index (χ0) is 26.0. The van der Waals surface area contributed by atoms with Gasteiger partial charge in [0, 0.05) is 17.1 Å². The Morgan fingerprint density at radius 2 is 1.69 bits per heavy atom. The highest BCUT2D eigenvalue weighted by atomic mass is 35.5. The van der Waals surface area contributed by atoms with Gasteiger partial charge in [-0.15, -0.1) is 0 Å². The zero-order valence-electron chi connectivity index (χ0n) is 21.5. The number of para-hydroxylation sites is 1. The molecule has 1 unspecified atom stereocenters. The predicted octanol–water partition coefficient (Wildman–Crippen LogP) is 6.91. The molecule has 0 aliphatic carbocycles. The van der Waals surface area contributed by atoms with Crippen molar-refractivity contribution < 1.29 is 4.79 Å². The minimum absolute atomic E-state index is 0.116. The summed E-state index contributed by atoms with van der Waals surface area (Å²) >= 11 is 6.07. The van der Waals surface area contributed by atoms with E-state index in [1.807, 2.05) is 62.1 Å². The van der Waals surface area contributed by atoms with Crippen LogP contribution in [0, 0.1) is 19.8 Å². The number of aromatic nitrogens is 2. The van der Waals surface area contributed by atoms with Crippen molar-refractivity contribution in [3.63, 3.8) is 0 Å². The van der Waals surface area contributed by atoms with Crippen molar-refractivity contribution in [2.45, 2.75) is 47.1 Å². The lowest BCUT2D eigenvalue weighted by atomic mass is 10.1. The molecule has 0 radical (unpaired) electrons. The number of aryl methyl sites for hydroxylation is 2. The molecule has 5 nitrogen and oxygen atoms in total. The fraction of sp³-hybridized carbons (Fsp3) is 0.300. The fourth-order valence-electron chi connectivity index (χ4n) is 4.39. The number of carbonyl (C=O) groups excluding carboxylic acids is 1. The summed E-state index contributed by atoms with van der Waals surface area (Å²) in [6.07, 6.45) is 0.824. The van der Waals surface area contributed by atoms with E-state index in [0.29, 0.717) is 39.8 Å². The molecule has 186 valence electrons. The Morgan fingerprint density at radius 3 is 2.39 bits per heavy atom. The van der Waals surface area contributed by atoms with E-state index in [4.69, 9.17) is 16.6 Å². The molecule has 0 spiro atoms. The van der Waals surface area contributed by atoms with Crippen molar-refractivity contribution in [3.05, 3.63) is 105 Å². The van der Waals surface area contributed by atoms with Crippen LogP contribution in [0.25, 0.3) is 16.6 Å². The number of rotatable bonds is 7. The van der Waals surface area contributed by atoms with Gasteiger partial charge in [0.1, 0.15) is 5.82 Å². The van der Waals surface area contributed by atoms with Gasteiger partial charge in [-0.25, -0.2) is 4.98 Å². The first kappa shape index (κ1) is 25.6. The minimum atomic E-state index is -0.454. The fourth-order valence-corrected chi connectivity index (χ4v) is 4.52. The van der Waals surface area contributed by atoms with Crippen molar-refractivity contribution in [1.82, 2.24) is 14.5 Å². The molecule has 0 saturated heterocycles. The van der Waals surface area contributed by atoms with Crippen LogP contribution in [0.2, 0.25) is 5.02 Å². The zero-order valence-corrected chi connectivity index (χ0v) is 22.2. The topological polar surface area (TPSA) is 55.2 Å². The van der Waals surface area contributed by atoms with Crippen LogP contribution >= 0.6 is 11.6 Å². The number of hydrogen-bond acceptors (Lipinski definition) is 3. The maximum Gasteiger partial charge on any atom is 0.266 e. The average Bonchev–Trinajstić information content (AvgIpc) is 2.86. The second-order valence-corrected chi connectivity index (χ2v) is 10.2. The lowest BCUT2D eigenvalue weighted by Crippen LogP contribution is -2.38. The van der Waals surface area contributed by atoms with Gasteiger partial charge in [-0.05, 0) is 86.7 Å². The van der Waals surface area contributed by atoms with Crippen LogP contribution in [-0.4, -0.2) is 26.9 Å². The molecule has 0 aliphatic rings. The molecule has 4 rings (SSSR count). The molecular weight excluding hydrogens is 470 g/mol. The Bertz CT molecular complexity index is 1460. The lowest BCUT2D eigenvalue weighted by molar-refractivity contribution is 0.0671. The molecule has 1 heterocycles. The maximum absolute atomic E-state index is 13.9.